The van der Waals surface area contributed by atoms with Crippen LogP contribution in [0.5, 0.6) is 0 Å². The molecule has 0 aromatic carbocycles. The van der Waals surface area contributed by atoms with E-state index in [1.807, 2.05) is 0 Å². The fraction of sp³-hybridized carbons (Fsp3) is 0.833. The average Bonchev–Trinajstić information content (AvgIpc) is 2.17. The predicted octanol–water partition coefficient (Wildman–Crippen LogP) is 3.13. The molecule has 2 N–H and O–H groups in total. The van der Waals surface area contributed by atoms with Gasteiger partial charge in [0.2, 0.25) is 12.2 Å². The molecule has 0 aromatic rings. The van der Waals surface area contributed by atoms with Crippen LogP contribution >= 0.6 is 0 Å². The van der Waals surface area contributed by atoms with E-state index in [0.717, 1.165) is 35.8 Å². The van der Waals surface area contributed by atoms with Gasteiger partial charge >= 0.3 is 0 Å². The van der Waals surface area contributed by atoms with Gasteiger partial charge in [-0.3, -0.25) is 0 Å². The predicted molar refractivity (Wildman–Crippen MR) is 62.7 cm³/mol. The van der Waals surface area contributed by atoms with Crippen molar-refractivity contribution < 1.29 is 9.59 Å². The molecule has 4 atom stereocenters. The Morgan fingerprint density at radius 2 is 0.875 bits per heavy atom. The molecule has 16 heavy (non-hydrogen) atoms. The summed E-state index contributed by atoms with van der Waals surface area (Å²) in [5.41, 5.74) is 0. The van der Waals surface area contributed by atoms with Crippen LogP contribution in [0.2, 0.25) is 0 Å². The monoisotopic (exact) mass is 226 g/mol. The molecule has 4 heteroatoms. The summed E-state index contributed by atoms with van der Waals surface area (Å²) >= 11 is 0. The highest BCUT2D eigenvalue weighted by Crippen LogP contribution is 2.36. The molecule has 0 spiro atoms. The van der Waals surface area contributed by atoms with Gasteiger partial charge in [0.05, 0.1) is 0 Å². The number of hydrogen-bond acceptors (Lipinski definition) is 4. The zero-order valence-corrected chi connectivity index (χ0v) is 10.5. The van der Waals surface area contributed by atoms with Gasteiger partial charge in [0, 0.05) is 0 Å². The van der Waals surface area contributed by atoms with Crippen LogP contribution < -0.4 is 0 Å². The van der Waals surface area contributed by atoms with Gasteiger partial charge in [0.1, 0.15) is 0 Å². The Balaban J connectivity index is 0. The Kier molecular flexibility index (Phi) is 11.0. The van der Waals surface area contributed by atoms with Gasteiger partial charge in [0.25, 0.3) is 0 Å². The van der Waals surface area contributed by atoms with Gasteiger partial charge in [-0.15, -0.1) is 0 Å². The molecule has 4 nitrogen and oxygen atoms in total. The Morgan fingerprint density at radius 3 is 1.00 bits per heavy atom. The summed E-state index contributed by atoms with van der Waals surface area (Å²) in [7, 11) is 0. The van der Waals surface area contributed by atoms with E-state index in [4.69, 9.17) is 20.4 Å². The molecule has 0 heterocycles. The number of hydrogen-bond donors (Lipinski definition) is 2. The van der Waals surface area contributed by atoms with Crippen LogP contribution in [0.4, 0.5) is 0 Å². The van der Waals surface area contributed by atoms with Crippen molar-refractivity contribution in [2.75, 3.05) is 0 Å². The van der Waals surface area contributed by atoms with Crippen molar-refractivity contribution >= 4 is 12.2 Å². The first-order chi connectivity index (χ1) is 7.44. The summed E-state index contributed by atoms with van der Waals surface area (Å²) in [5, 5.41) is 10.8. The molecule has 0 aromatic heterocycles. The molecule has 92 valence electrons. The summed E-state index contributed by atoms with van der Waals surface area (Å²) in [6.45, 7) is 9.58. The Bertz CT molecular complexity index is 203. The molecule has 0 saturated heterocycles. The average molecular weight is 226 g/mol. The molecular weight excluding hydrogens is 204 g/mol. The Labute approximate surface area is 97.5 Å². The minimum absolute atomic E-state index is 0.750. The summed E-state index contributed by atoms with van der Waals surface area (Å²) in [5.74, 6) is 3.86. The highest BCUT2D eigenvalue weighted by atomic mass is 16.1. The van der Waals surface area contributed by atoms with Gasteiger partial charge in [0.15, 0.2) is 0 Å². The van der Waals surface area contributed by atoms with Crippen molar-refractivity contribution in [1.82, 2.24) is 0 Å². The number of carbonyl (C=O) groups excluding carboxylic acids is 2. The third kappa shape index (κ3) is 8.10. The fourth-order valence-corrected chi connectivity index (χ4v) is 2.10. The first-order valence-corrected chi connectivity index (χ1v) is 5.52. The van der Waals surface area contributed by atoms with E-state index in [0.29, 0.717) is 0 Å². The summed E-state index contributed by atoms with van der Waals surface area (Å²) in [4.78, 5) is 16.7. The molecule has 1 aliphatic rings. The second-order valence-corrected chi connectivity index (χ2v) is 4.58. The maximum absolute atomic E-state index is 8.35. The molecule has 4 unspecified atom stereocenters. The largest absolute Gasteiger partial charge is 0.231 e. The number of rotatable bonds is 0. The smallest absolute Gasteiger partial charge is 0.222 e. The minimum atomic E-state index is 0.750. The van der Waals surface area contributed by atoms with Crippen LogP contribution in [0.1, 0.15) is 40.5 Å². The lowest BCUT2D eigenvalue weighted by molar-refractivity contribution is 0.157. The molecule has 1 saturated carbocycles. The topological polar surface area (TPSA) is 81.8 Å². The molecule has 0 amide bonds. The SMILES string of the molecule is CC1CC(C)C(C)CC1C.N=C=O.N=C=O. The first-order valence-electron chi connectivity index (χ1n) is 5.52. The summed E-state index contributed by atoms with van der Waals surface area (Å²) < 4.78 is 0. The third-order valence-electron chi connectivity index (χ3n) is 3.43. The van der Waals surface area contributed by atoms with Crippen molar-refractivity contribution in [3.63, 3.8) is 0 Å². The van der Waals surface area contributed by atoms with Crippen LogP contribution in [0.3, 0.4) is 0 Å². The van der Waals surface area contributed by atoms with E-state index in [1.165, 1.54) is 12.8 Å². The van der Waals surface area contributed by atoms with E-state index in [-0.39, 0.29) is 0 Å². The molecule has 0 aliphatic heterocycles. The molecule has 0 bridgehead atoms. The summed E-state index contributed by atoms with van der Waals surface area (Å²) in [6, 6.07) is 0. The van der Waals surface area contributed by atoms with Crippen LogP contribution in [-0.2, 0) is 9.59 Å². The van der Waals surface area contributed by atoms with Crippen LogP contribution in [0.25, 0.3) is 0 Å². The highest BCUT2D eigenvalue weighted by Gasteiger charge is 2.26. The lowest BCUT2D eigenvalue weighted by Crippen LogP contribution is -2.25. The van der Waals surface area contributed by atoms with Gasteiger partial charge in [-0.25, -0.2) is 20.4 Å². The van der Waals surface area contributed by atoms with E-state index < -0.39 is 0 Å². The third-order valence-corrected chi connectivity index (χ3v) is 3.43. The number of nitrogens with one attached hydrogen (secondary N) is 2. The van der Waals surface area contributed by atoms with Gasteiger partial charge in [-0.05, 0) is 36.5 Å². The van der Waals surface area contributed by atoms with E-state index in [1.54, 1.807) is 0 Å². The van der Waals surface area contributed by atoms with Crippen LogP contribution in [0.15, 0.2) is 0 Å². The van der Waals surface area contributed by atoms with Crippen molar-refractivity contribution in [2.45, 2.75) is 40.5 Å². The molecule has 0 radical (unpaired) electrons. The highest BCUT2D eigenvalue weighted by molar-refractivity contribution is 5.26. The summed E-state index contributed by atoms with van der Waals surface area (Å²) in [6.07, 6.45) is 4.39. The van der Waals surface area contributed by atoms with Gasteiger partial charge in [-0.2, -0.15) is 0 Å². The van der Waals surface area contributed by atoms with E-state index in [2.05, 4.69) is 27.7 Å². The molecule has 1 rings (SSSR count). The quantitative estimate of drug-likeness (QED) is 0.491. The number of isocyanates is 2. The Hall–Kier alpha value is -1.24. The van der Waals surface area contributed by atoms with E-state index in [9.17, 15) is 0 Å². The Morgan fingerprint density at radius 1 is 0.750 bits per heavy atom. The lowest BCUT2D eigenvalue weighted by atomic mass is 9.71. The zero-order chi connectivity index (χ0) is 13.1. The lowest BCUT2D eigenvalue weighted by Gasteiger charge is -2.35. The molecule has 1 aliphatic carbocycles. The van der Waals surface area contributed by atoms with Crippen molar-refractivity contribution in [3.05, 3.63) is 0 Å². The standard InChI is InChI=1S/C10H20.2CHNO/c1-7-5-9(3)10(4)6-8(7)2;2*2-1-3/h7-10H,5-6H2,1-4H3;2*2H. The second kappa shape index (κ2) is 10.3. The maximum atomic E-state index is 8.35. The van der Waals surface area contributed by atoms with Crippen molar-refractivity contribution in [1.29, 1.82) is 10.8 Å². The van der Waals surface area contributed by atoms with Crippen LogP contribution in [-0.4, -0.2) is 12.2 Å². The van der Waals surface area contributed by atoms with Crippen LogP contribution in [0, 0.1) is 34.5 Å². The molecular formula is C12H22N2O2. The van der Waals surface area contributed by atoms with Gasteiger partial charge in [-0.1, -0.05) is 27.7 Å². The zero-order valence-electron chi connectivity index (χ0n) is 10.5. The second-order valence-electron chi connectivity index (χ2n) is 4.58. The maximum Gasteiger partial charge on any atom is 0.231 e. The van der Waals surface area contributed by atoms with Crippen molar-refractivity contribution in [3.8, 4) is 0 Å². The van der Waals surface area contributed by atoms with Crippen molar-refractivity contribution in [2.24, 2.45) is 23.7 Å². The van der Waals surface area contributed by atoms with E-state index >= 15 is 0 Å². The van der Waals surface area contributed by atoms with Gasteiger partial charge < -0.3 is 0 Å². The molecule has 1 fully saturated rings. The normalized spacial score (nSPS) is 31.8. The fourth-order valence-electron chi connectivity index (χ4n) is 2.10. The first kappa shape index (κ1) is 17.2. The minimum Gasteiger partial charge on any atom is -0.222 e.